The van der Waals surface area contributed by atoms with Crippen molar-refractivity contribution in [2.45, 2.75) is 6.54 Å². The molecule has 3 aromatic heterocycles. The van der Waals surface area contributed by atoms with E-state index in [1.165, 1.54) is 15.3 Å². The molecule has 0 saturated heterocycles. The topological polar surface area (TPSA) is 78.7 Å². The van der Waals surface area contributed by atoms with Crippen LogP contribution in [0.2, 0.25) is 0 Å². The average molecular weight is 337 g/mol. The Morgan fingerprint density at radius 1 is 1.08 bits per heavy atom. The number of hydrogen-bond acceptors (Lipinski definition) is 5. The SMILES string of the molecule is O=c1onc(-c2ccncc2)n1Cc1ccn(-c2ccccc2F)n1. The second-order valence-electron chi connectivity index (χ2n) is 5.30. The van der Waals surface area contributed by atoms with E-state index in [-0.39, 0.29) is 12.4 Å². The zero-order valence-corrected chi connectivity index (χ0v) is 12.9. The van der Waals surface area contributed by atoms with Crippen LogP contribution in [0, 0.1) is 5.82 Å². The first-order valence-electron chi connectivity index (χ1n) is 7.49. The van der Waals surface area contributed by atoms with Crippen molar-refractivity contribution in [1.82, 2.24) is 24.5 Å². The van der Waals surface area contributed by atoms with Crippen molar-refractivity contribution in [3.63, 3.8) is 0 Å². The summed E-state index contributed by atoms with van der Waals surface area (Å²) in [7, 11) is 0. The van der Waals surface area contributed by atoms with Crippen LogP contribution in [0.1, 0.15) is 5.69 Å². The fourth-order valence-electron chi connectivity index (χ4n) is 2.50. The van der Waals surface area contributed by atoms with Gasteiger partial charge in [0.25, 0.3) is 0 Å². The maximum absolute atomic E-state index is 13.9. The molecule has 3 heterocycles. The molecular weight excluding hydrogens is 325 g/mol. The Morgan fingerprint density at radius 2 is 1.88 bits per heavy atom. The van der Waals surface area contributed by atoms with Gasteiger partial charge in [-0.15, -0.1) is 0 Å². The van der Waals surface area contributed by atoms with Gasteiger partial charge in [-0.1, -0.05) is 17.3 Å². The van der Waals surface area contributed by atoms with Gasteiger partial charge >= 0.3 is 5.76 Å². The molecule has 0 aliphatic carbocycles. The van der Waals surface area contributed by atoms with Crippen LogP contribution in [-0.4, -0.2) is 24.5 Å². The maximum Gasteiger partial charge on any atom is 0.442 e. The largest absolute Gasteiger partial charge is 0.442 e. The first-order chi connectivity index (χ1) is 12.2. The van der Waals surface area contributed by atoms with E-state index in [0.717, 1.165) is 0 Å². The highest BCUT2D eigenvalue weighted by Crippen LogP contribution is 2.16. The molecule has 0 bridgehead atoms. The van der Waals surface area contributed by atoms with Crippen LogP contribution in [0.3, 0.4) is 0 Å². The van der Waals surface area contributed by atoms with E-state index in [4.69, 9.17) is 4.52 Å². The lowest BCUT2D eigenvalue weighted by Crippen LogP contribution is -2.16. The molecule has 0 radical (unpaired) electrons. The Balaban J connectivity index is 1.68. The average Bonchev–Trinajstić information content (AvgIpc) is 3.24. The third kappa shape index (κ3) is 2.85. The molecule has 0 fully saturated rings. The second-order valence-corrected chi connectivity index (χ2v) is 5.30. The first kappa shape index (κ1) is 15.0. The first-order valence-corrected chi connectivity index (χ1v) is 7.49. The van der Waals surface area contributed by atoms with Gasteiger partial charge in [0.15, 0.2) is 5.82 Å². The van der Waals surface area contributed by atoms with Crippen LogP contribution in [-0.2, 0) is 6.54 Å². The molecule has 0 saturated carbocycles. The van der Waals surface area contributed by atoms with Gasteiger partial charge in [-0.2, -0.15) is 5.10 Å². The Bertz CT molecular complexity index is 1070. The van der Waals surface area contributed by atoms with Gasteiger partial charge in [0.2, 0.25) is 0 Å². The van der Waals surface area contributed by atoms with Crippen LogP contribution in [0.5, 0.6) is 0 Å². The quantitative estimate of drug-likeness (QED) is 0.571. The highest BCUT2D eigenvalue weighted by molar-refractivity contribution is 5.53. The highest BCUT2D eigenvalue weighted by atomic mass is 19.1. The number of para-hydroxylation sites is 1. The molecule has 0 N–H and O–H groups in total. The summed E-state index contributed by atoms with van der Waals surface area (Å²) in [5.41, 5.74) is 1.61. The van der Waals surface area contributed by atoms with E-state index in [2.05, 4.69) is 15.2 Å². The number of halogens is 1. The van der Waals surface area contributed by atoms with Crippen molar-refractivity contribution >= 4 is 0 Å². The molecular formula is C17H12FN5O2. The third-order valence-electron chi connectivity index (χ3n) is 3.69. The minimum absolute atomic E-state index is 0.154. The molecule has 124 valence electrons. The normalized spacial score (nSPS) is 10.9. The molecule has 0 spiro atoms. The van der Waals surface area contributed by atoms with Crippen molar-refractivity contribution in [2.24, 2.45) is 0 Å². The van der Waals surface area contributed by atoms with Gasteiger partial charge in [0.05, 0.1) is 12.2 Å². The second kappa shape index (κ2) is 6.16. The number of nitrogens with zero attached hydrogens (tertiary/aromatic N) is 5. The van der Waals surface area contributed by atoms with Gasteiger partial charge in [-0.3, -0.25) is 14.1 Å². The van der Waals surface area contributed by atoms with Gasteiger partial charge in [-0.05, 0) is 30.3 Å². The lowest BCUT2D eigenvalue weighted by Gasteiger charge is -2.03. The molecule has 25 heavy (non-hydrogen) atoms. The van der Waals surface area contributed by atoms with Gasteiger partial charge in [-0.25, -0.2) is 13.9 Å². The number of aromatic nitrogens is 5. The molecule has 0 atom stereocenters. The van der Waals surface area contributed by atoms with Gasteiger partial charge in [0, 0.05) is 24.2 Å². The fourth-order valence-corrected chi connectivity index (χ4v) is 2.50. The van der Waals surface area contributed by atoms with Crippen molar-refractivity contribution in [1.29, 1.82) is 0 Å². The maximum atomic E-state index is 13.9. The van der Waals surface area contributed by atoms with Crippen molar-refractivity contribution in [3.05, 3.63) is 83.1 Å². The predicted octanol–water partition coefficient (Wildman–Crippen LogP) is 2.27. The summed E-state index contributed by atoms with van der Waals surface area (Å²) in [6.45, 7) is 0.154. The Hall–Kier alpha value is -3.55. The number of pyridine rings is 1. The molecule has 4 aromatic rings. The van der Waals surface area contributed by atoms with E-state index in [1.807, 2.05) is 0 Å². The van der Waals surface area contributed by atoms with E-state index >= 15 is 0 Å². The van der Waals surface area contributed by atoms with E-state index in [9.17, 15) is 9.18 Å². The van der Waals surface area contributed by atoms with Crippen LogP contribution < -0.4 is 5.76 Å². The Morgan fingerprint density at radius 3 is 2.68 bits per heavy atom. The monoisotopic (exact) mass is 337 g/mol. The minimum Gasteiger partial charge on any atom is -0.295 e. The van der Waals surface area contributed by atoms with Crippen LogP contribution in [0.25, 0.3) is 17.1 Å². The summed E-state index contributed by atoms with van der Waals surface area (Å²) in [5, 5.41) is 8.14. The lowest BCUT2D eigenvalue weighted by atomic mass is 10.2. The standard InChI is InChI=1S/C17H12FN5O2/c18-14-3-1-2-4-15(14)23-10-7-13(20-23)11-22-16(21-25-17(22)24)12-5-8-19-9-6-12/h1-10H,11H2. The third-order valence-corrected chi connectivity index (χ3v) is 3.69. The summed E-state index contributed by atoms with van der Waals surface area (Å²) in [6.07, 6.45) is 4.84. The molecule has 1 aromatic carbocycles. The predicted molar refractivity (Wildman–Crippen MR) is 86.6 cm³/mol. The Kier molecular flexibility index (Phi) is 3.70. The molecule has 0 aliphatic rings. The lowest BCUT2D eigenvalue weighted by molar-refractivity contribution is 0.378. The van der Waals surface area contributed by atoms with E-state index in [1.54, 1.807) is 55.0 Å². The highest BCUT2D eigenvalue weighted by Gasteiger charge is 2.15. The van der Waals surface area contributed by atoms with Crippen LogP contribution >= 0.6 is 0 Å². The number of benzene rings is 1. The summed E-state index contributed by atoms with van der Waals surface area (Å²) < 4.78 is 21.4. The van der Waals surface area contributed by atoms with Crippen molar-refractivity contribution < 1.29 is 8.91 Å². The van der Waals surface area contributed by atoms with Gasteiger partial charge in [0.1, 0.15) is 11.5 Å². The summed E-state index contributed by atoms with van der Waals surface area (Å²) in [5.74, 6) is -0.586. The van der Waals surface area contributed by atoms with E-state index < -0.39 is 5.76 Å². The summed E-state index contributed by atoms with van der Waals surface area (Å²) >= 11 is 0. The molecule has 0 aliphatic heterocycles. The summed E-state index contributed by atoms with van der Waals surface area (Å²) in [6, 6.07) is 11.5. The number of rotatable bonds is 4. The van der Waals surface area contributed by atoms with Crippen LogP contribution in [0.4, 0.5) is 4.39 Å². The smallest absolute Gasteiger partial charge is 0.295 e. The van der Waals surface area contributed by atoms with Crippen molar-refractivity contribution in [3.8, 4) is 17.1 Å². The minimum atomic E-state index is -0.591. The van der Waals surface area contributed by atoms with Crippen LogP contribution in [0.15, 0.2) is 70.4 Å². The fraction of sp³-hybridized carbons (Fsp3) is 0.0588. The molecule has 4 rings (SSSR count). The summed E-state index contributed by atoms with van der Waals surface area (Å²) in [4.78, 5) is 15.9. The number of hydrogen-bond donors (Lipinski definition) is 0. The molecule has 7 nitrogen and oxygen atoms in total. The molecule has 0 amide bonds. The molecule has 0 unspecified atom stereocenters. The van der Waals surface area contributed by atoms with Gasteiger partial charge < -0.3 is 0 Å². The van der Waals surface area contributed by atoms with E-state index in [0.29, 0.717) is 22.8 Å². The zero-order chi connectivity index (χ0) is 17.2. The Labute approximate surface area is 141 Å². The zero-order valence-electron chi connectivity index (χ0n) is 12.9. The molecule has 8 heteroatoms. The van der Waals surface area contributed by atoms with Crippen molar-refractivity contribution in [2.75, 3.05) is 0 Å².